The Morgan fingerprint density at radius 2 is 1.97 bits per heavy atom. The van der Waals surface area contributed by atoms with Crippen LogP contribution < -0.4 is 10.6 Å². The number of carbonyl (C=O) groups is 4. The van der Waals surface area contributed by atoms with Gasteiger partial charge < -0.3 is 25.3 Å². The van der Waals surface area contributed by atoms with Gasteiger partial charge in [0, 0.05) is 31.4 Å². The van der Waals surface area contributed by atoms with Crippen LogP contribution in [0.3, 0.4) is 0 Å². The lowest BCUT2D eigenvalue weighted by molar-refractivity contribution is -0.157. The van der Waals surface area contributed by atoms with E-state index in [-0.39, 0.29) is 41.5 Å². The van der Waals surface area contributed by atoms with Gasteiger partial charge in [0.05, 0.1) is 17.1 Å². The summed E-state index contributed by atoms with van der Waals surface area (Å²) in [5.74, 6) is -0.811. The van der Waals surface area contributed by atoms with Crippen LogP contribution >= 0.6 is 11.8 Å². The molecule has 2 heterocycles. The Bertz CT molecular complexity index is 865. The lowest BCUT2D eigenvalue weighted by atomic mass is 9.85. The maximum absolute atomic E-state index is 13.6. The van der Waals surface area contributed by atoms with Crippen LogP contribution in [0.15, 0.2) is 22.8 Å². The van der Waals surface area contributed by atoms with Crippen LogP contribution in [0.5, 0.6) is 0 Å². The minimum absolute atomic E-state index is 0.0143. The largest absolute Gasteiger partial charge is 0.353 e. The fraction of sp³-hybridized carbons (Fsp3) is 0.667. The van der Waals surface area contributed by atoms with Crippen molar-refractivity contribution in [2.45, 2.75) is 51.8 Å². The van der Waals surface area contributed by atoms with E-state index in [4.69, 9.17) is 0 Å². The Hall–Kier alpha value is -2.33. The average Bonchev–Trinajstić information content (AvgIpc) is 2.76. The molecule has 9 nitrogen and oxygen atoms in total. The summed E-state index contributed by atoms with van der Waals surface area (Å²) in [6, 6.07) is 0. The minimum Gasteiger partial charge on any atom is -0.353 e. The normalized spacial score (nSPS) is 20.6. The molecule has 2 aliphatic rings. The zero-order valence-electron chi connectivity index (χ0n) is 21.4. The van der Waals surface area contributed by atoms with E-state index in [1.807, 2.05) is 25.1 Å². The number of hydrogen-bond donors (Lipinski definition) is 2. The zero-order valence-corrected chi connectivity index (χ0v) is 22.3. The van der Waals surface area contributed by atoms with Gasteiger partial charge in [-0.3, -0.25) is 19.2 Å². The molecule has 190 valence electrons. The third-order valence-electron chi connectivity index (χ3n) is 6.57. The molecule has 0 aromatic heterocycles. The predicted octanol–water partition coefficient (Wildman–Crippen LogP) is 1.18. The first-order valence-corrected chi connectivity index (χ1v) is 12.5. The quantitative estimate of drug-likeness (QED) is 0.443. The van der Waals surface area contributed by atoms with Gasteiger partial charge in [0.25, 0.3) is 5.91 Å². The summed E-state index contributed by atoms with van der Waals surface area (Å²) in [6.07, 6.45) is 5.28. The molecule has 4 amide bonds. The van der Waals surface area contributed by atoms with Crippen molar-refractivity contribution in [3.05, 3.63) is 22.8 Å². The SMILES string of the molecule is CCC(C)(C)C1C=CC(C(=O)N2CCN(CC(=O)NCCN(C)C)C(=O)C2(C)C)=C(NC=O)S1. The molecule has 0 saturated carbocycles. The van der Waals surface area contributed by atoms with E-state index in [1.54, 1.807) is 19.9 Å². The number of likely N-dealkylation sites (N-methyl/N-ethyl adjacent to an activating group) is 1. The monoisotopic (exact) mass is 493 g/mol. The van der Waals surface area contributed by atoms with Gasteiger partial charge in [-0.05, 0) is 45.9 Å². The maximum Gasteiger partial charge on any atom is 0.257 e. The topological polar surface area (TPSA) is 102 Å². The Labute approximate surface area is 207 Å². The fourth-order valence-electron chi connectivity index (χ4n) is 3.85. The van der Waals surface area contributed by atoms with E-state index < -0.39 is 5.54 Å². The van der Waals surface area contributed by atoms with Crippen LogP contribution in [0.1, 0.15) is 41.0 Å². The van der Waals surface area contributed by atoms with Gasteiger partial charge in [0.1, 0.15) is 5.54 Å². The molecule has 0 aromatic carbocycles. The van der Waals surface area contributed by atoms with E-state index in [1.165, 1.54) is 21.6 Å². The molecule has 2 rings (SSSR count). The minimum atomic E-state index is -1.13. The first kappa shape index (κ1) is 27.9. The van der Waals surface area contributed by atoms with Crippen molar-refractivity contribution in [1.29, 1.82) is 0 Å². The number of thioether (sulfide) groups is 1. The van der Waals surface area contributed by atoms with Crippen molar-refractivity contribution >= 4 is 35.9 Å². The lowest BCUT2D eigenvalue weighted by Crippen LogP contribution is -2.65. The molecule has 0 aliphatic carbocycles. The Morgan fingerprint density at radius 3 is 2.56 bits per heavy atom. The molecular weight excluding hydrogens is 454 g/mol. The number of carbonyl (C=O) groups excluding carboxylic acids is 4. The van der Waals surface area contributed by atoms with Gasteiger partial charge in [0.15, 0.2) is 0 Å². The van der Waals surface area contributed by atoms with Gasteiger partial charge >= 0.3 is 0 Å². The van der Waals surface area contributed by atoms with Crippen LogP contribution in [-0.4, -0.2) is 96.4 Å². The highest BCUT2D eigenvalue weighted by Gasteiger charge is 2.46. The summed E-state index contributed by atoms with van der Waals surface area (Å²) in [5, 5.41) is 6.12. The number of rotatable bonds is 10. The van der Waals surface area contributed by atoms with Gasteiger partial charge in [-0.25, -0.2) is 0 Å². The molecule has 0 spiro atoms. The van der Waals surface area contributed by atoms with Crippen molar-refractivity contribution in [3.63, 3.8) is 0 Å². The summed E-state index contributed by atoms with van der Waals surface area (Å²) < 4.78 is 0. The number of hydrogen-bond acceptors (Lipinski definition) is 6. The van der Waals surface area contributed by atoms with Gasteiger partial charge in [-0.15, -0.1) is 0 Å². The number of piperazine rings is 1. The second-order valence-electron chi connectivity index (χ2n) is 10.1. The molecule has 0 radical (unpaired) electrons. The van der Waals surface area contributed by atoms with E-state index >= 15 is 0 Å². The van der Waals surface area contributed by atoms with Crippen LogP contribution in [0.2, 0.25) is 0 Å². The fourth-order valence-corrected chi connectivity index (χ4v) is 5.14. The molecule has 1 saturated heterocycles. The summed E-state index contributed by atoms with van der Waals surface area (Å²) in [6.45, 7) is 11.5. The molecule has 34 heavy (non-hydrogen) atoms. The van der Waals surface area contributed by atoms with Crippen molar-refractivity contribution in [2.75, 3.05) is 46.8 Å². The molecule has 0 aromatic rings. The standard InChI is InChI=1S/C24H39N5O4S/c1-8-23(2,3)18-10-9-17(20(34-18)26-16-30)21(32)29-14-13-28(22(33)24(29,4)5)15-19(31)25-11-12-27(6)7/h9-10,16,18H,8,11-15H2,1-7H3,(H,25,31)(H,26,30). The first-order valence-electron chi connectivity index (χ1n) is 11.7. The number of nitrogens with zero attached hydrogens (tertiary/aromatic N) is 3. The van der Waals surface area contributed by atoms with E-state index in [9.17, 15) is 19.2 Å². The first-order chi connectivity index (χ1) is 15.8. The van der Waals surface area contributed by atoms with Crippen LogP contribution in [-0.2, 0) is 19.2 Å². The number of nitrogens with one attached hydrogen (secondary N) is 2. The smallest absolute Gasteiger partial charge is 0.257 e. The third kappa shape index (κ3) is 6.41. The molecule has 10 heteroatoms. The summed E-state index contributed by atoms with van der Waals surface area (Å²) >= 11 is 1.46. The lowest BCUT2D eigenvalue weighted by Gasteiger charge is -2.46. The summed E-state index contributed by atoms with van der Waals surface area (Å²) in [7, 11) is 3.84. The molecule has 2 N–H and O–H groups in total. The van der Waals surface area contributed by atoms with Gasteiger partial charge in [-0.1, -0.05) is 38.6 Å². The van der Waals surface area contributed by atoms with Gasteiger partial charge in [0.2, 0.25) is 18.2 Å². The Morgan fingerprint density at radius 1 is 1.29 bits per heavy atom. The van der Waals surface area contributed by atoms with E-state index in [2.05, 4.69) is 31.4 Å². The summed E-state index contributed by atoms with van der Waals surface area (Å²) in [4.78, 5) is 55.3. The molecule has 1 atom stereocenters. The highest BCUT2D eigenvalue weighted by molar-refractivity contribution is 8.03. The molecule has 1 fully saturated rings. The molecular formula is C24H39N5O4S. The predicted molar refractivity (Wildman–Crippen MR) is 135 cm³/mol. The third-order valence-corrected chi connectivity index (χ3v) is 8.19. The average molecular weight is 494 g/mol. The van der Waals surface area contributed by atoms with Crippen LogP contribution in [0.25, 0.3) is 0 Å². The summed E-state index contributed by atoms with van der Waals surface area (Å²) in [5.41, 5.74) is -0.771. The van der Waals surface area contributed by atoms with Crippen molar-refractivity contribution in [1.82, 2.24) is 25.3 Å². The van der Waals surface area contributed by atoms with E-state index in [0.717, 1.165) is 6.42 Å². The van der Waals surface area contributed by atoms with Crippen molar-refractivity contribution in [3.8, 4) is 0 Å². The second kappa shape index (κ2) is 11.4. The zero-order chi connectivity index (χ0) is 25.7. The molecule has 2 aliphatic heterocycles. The highest BCUT2D eigenvalue weighted by Crippen LogP contribution is 2.42. The highest BCUT2D eigenvalue weighted by atomic mass is 32.2. The van der Waals surface area contributed by atoms with Crippen LogP contribution in [0, 0.1) is 5.41 Å². The molecule has 0 bridgehead atoms. The van der Waals surface area contributed by atoms with Crippen molar-refractivity contribution in [2.24, 2.45) is 5.41 Å². The Balaban J connectivity index is 2.15. The van der Waals surface area contributed by atoms with Gasteiger partial charge in [-0.2, -0.15) is 0 Å². The van der Waals surface area contributed by atoms with Crippen LogP contribution in [0.4, 0.5) is 0 Å². The Kier molecular flexibility index (Phi) is 9.36. The maximum atomic E-state index is 13.6. The van der Waals surface area contributed by atoms with Crippen molar-refractivity contribution < 1.29 is 19.2 Å². The second-order valence-corrected chi connectivity index (χ2v) is 11.3. The van der Waals surface area contributed by atoms with E-state index in [0.29, 0.717) is 36.6 Å². The number of amides is 4. The molecule has 1 unspecified atom stereocenters.